The lowest BCUT2D eigenvalue weighted by Crippen LogP contribution is -2.30. The molecule has 0 aliphatic heterocycles. The van der Waals surface area contributed by atoms with Crippen molar-refractivity contribution < 1.29 is 27.5 Å². The molecule has 1 rings (SSSR count). The van der Waals surface area contributed by atoms with Crippen molar-refractivity contribution >= 4 is 33.6 Å². The van der Waals surface area contributed by atoms with Gasteiger partial charge in [-0.05, 0) is 39.0 Å². The number of rotatable bonds is 7. The van der Waals surface area contributed by atoms with Gasteiger partial charge in [-0.2, -0.15) is 4.31 Å². The van der Waals surface area contributed by atoms with Gasteiger partial charge in [0.25, 0.3) is 0 Å². The highest BCUT2D eigenvalue weighted by molar-refractivity contribution is 7.89. The van der Waals surface area contributed by atoms with Gasteiger partial charge in [0.2, 0.25) is 10.0 Å². The zero-order chi connectivity index (χ0) is 20.1. The molecule has 7 nitrogen and oxygen atoms in total. The average Bonchev–Trinajstić information content (AvgIpc) is 2.52. The quantitative estimate of drug-likeness (QED) is 0.648. The fourth-order valence-electron chi connectivity index (χ4n) is 2.11. The van der Waals surface area contributed by atoms with E-state index >= 15 is 0 Å². The van der Waals surface area contributed by atoms with Crippen LogP contribution in [0.3, 0.4) is 0 Å². The maximum atomic E-state index is 12.6. The van der Waals surface area contributed by atoms with Crippen LogP contribution in [-0.4, -0.2) is 50.0 Å². The van der Waals surface area contributed by atoms with Crippen molar-refractivity contribution in [3.05, 3.63) is 28.8 Å². The molecule has 0 amide bonds. The number of hydrogen-bond donors (Lipinski definition) is 0. The topological polar surface area (TPSA) is 90.0 Å². The molecule has 0 N–H and O–H groups in total. The lowest BCUT2D eigenvalue weighted by molar-refractivity contribution is -0.158. The van der Waals surface area contributed by atoms with Crippen LogP contribution in [0.25, 0.3) is 0 Å². The van der Waals surface area contributed by atoms with Crippen molar-refractivity contribution in [2.75, 3.05) is 19.7 Å². The number of ether oxygens (including phenoxy) is 2. The van der Waals surface area contributed by atoms with Crippen molar-refractivity contribution in [2.24, 2.45) is 0 Å². The minimum atomic E-state index is -3.75. The van der Waals surface area contributed by atoms with Crippen LogP contribution in [0.4, 0.5) is 0 Å². The van der Waals surface area contributed by atoms with Crippen LogP contribution >= 0.6 is 11.6 Å². The highest BCUT2D eigenvalue weighted by Crippen LogP contribution is 2.23. The van der Waals surface area contributed by atoms with Crippen molar-refractivity contribution in [1.29, 1.82) is 0 Å². The smallest absolute Gasteiger partial charge is 0.344 e. The molecule has 0 atom stereocenters. The lowest BCUT2D eigenvalue weighted by Gasteiger charge is -2.20. The minimum absolute atomic E-state index is 0.0256. The summed E-state index contributed by atoms with van der Waals surface area (Å²) in [6, 6.07) is 3.77. The Morgan fingerprint density at radius 3 is 2.23 bits per heavy atom. The predicted octanol–water partition coefficient (Wildman–Crippen LogP) is 2.87. The molecule has 1 aromatic rings. The first-order valence-electron chi connectivity index (χ1n) is 8.11. The first-order chi connectivity index (χ1) is 11.9. The van der Waals surface area contributed by atoms with Gasteiger partial charge in [0.05, 0.1) is 15.5 Å². The molecular formula is C17H24ClNO6S. The van der Waals surface area contributed by atoms with E-state index in [1.807, 2.05) is 0 Å². The number of carbonyl (C=O) groups is 2. The number of halogens is 1. The summed E-state index contributed by atoms with van der Waals surface area (Å²) in [6.07, 6.45) is 0. The molecule has 146 valence electrons. The second-order valence-electron chi connectivity index (χ2n) is 6.39. The monoisotopic (exact) mass is 405 g/mol. The summed E-state index contributed by atoms with van der Waals surface area (Å²) < 4.78 is 36.3. The predicted molar refractivity (Wildman–Crippen MR) is 97.7 cm³/mol. The van der Waals surface area contributed by atoms with Gasteiger partial charge in [0.1, 0.15) is 5.60 Å². The molecule has 0 radical (unpaired) electrons. The zero-order valence-electron chi connectivity index (χ0n) is 15.5. The maximum absolute atomic E-state index is 12.6. The molecule has 0 saturated heterocycles. The molecular weight excluding hydrogens is 382 g/mol. The summed E-state index contributed by atoms with van der Waals surface area (Å²) in [5, 5.41) is 0.0256. The summed E-state index contributed by atoms with van der Waals surface area (Å²) >= 11 is 5.98. The summed E-state index contributed by atoms with van der Waals surface area (Å²) in [5.74, 6) is -1.62. The standard InChI is InChI=1S/C17H24ClNO6S/c1-6-19(7-2)26(22,23)12-8-9-14(18)13(10-12)16(21)24-11-15(20)25-17(3,4)5/h8-10H,6-7,11H2,1-5H3. The van der Waals surface area contributed by atoms with Crippen molar-refractivity contribution in [3.63, 3.8) is 0 Å². The summed E-state index contributed by atoms with van der Waals surface area (Å²) in [4.78, 5) is 23.8. The number of hydrogen-bond acceptors (Lipinski definition) is 6. The van der Waals surface area contributed by atoms with Crippen molar-refractivity contribution in [1.82, 2.24) is 4.31 Å². The van der Waals surface area contributed by atoms with Crippen LogP contribution in [0, 0.1) is 0 Å². The minimum Gasteiger partial charge on any atom is -0.457 e. The Bertz CT molecular complexity index is 766. The molecule has 0 spiro atoms. The van der Waals surface area contributed by atoms with E-state index in [1.54, 1.807) is 34.6 Å². The Balaban J connectivity index is 3.00. The van der Waals surface area contributed by atoms with Crippen LogP contribution in [-0.2, 0) is 24.3 Å². The van der Waals surface area contributed by atoms with E-state index in [0.29, 0.717) is 13.1 Å². The third kappa shape index (κ3) is 5.96. The SMILES string of the molecule is CCN(CC)S(=O)(=O)c1ccc(Cl)c(C(=O)OCC(=O)OC(C)(C)C)c1. The number of esters is 2. The number of nitrogens with zero attached hydrogens (tertiary/aromatic N) is 1. The molecule has 0 heterocycles. The Morgan fingerprint density at radius 1 is 1.15 bits per heavy atom. The molecule has 9 heteroatoms. The average molecular weight is 406 g/mol. The summed E-state index contributed by atoms with van der Waals surface area (Å²) in [6.45, 7) is 8.47. The second-order valence-corrected chi connectivity index (χ2v) is 8.74. The van der Waals surface area contributed by atoms with Gasteiger partial charge in [-0.3, -0.25) is 0 Å². The second kappa shape index (κ2) is 8.83. The van der Waals surface area contributed by atoms with Gasteiger partial charge in [0, 0.05) is 13.1 Å². The van der Waals surface area contributed by atoms with Gasteiger partial charge in [0.15, 0.2) is 6.61 Å². The fourth-order valence-corrected chi connectivity index (χ4v) is 3.79. The maximum Gasteiger partial charge on any atom is 0.344 e. The highest BCUT2D eigenvalue weighted by Gasteiger charge is 2.25. The Kier molecular flexibility index (Phi) is 7.61. The van der Waals surface area contributed by atoms with E-state index in [1.165, 1.54) is 16.4 Å². The molecule has 0 aliphatic rings. The Labute approximate surface area is 159 Å². The molecule has 0 bridgehead atoms. The molecule has 0 aromatic heterocycles. The van der Waals surface area contributed by atoms with Crippen LogP contribution in [0.15, 0.2) is 23.1 Å². The van der Waals surface area contributed by atoms with Gasteiger partial charge >= 0.3 is 11.9 Å². The van der Waals surface area contributed by atoms with Gasteiger partial charge in [-0.1, -0.05) is 25.4 Å². The molecule has 0 aliphatic carbocycles. The summed E-state index contributed by atoms with van der Waals surface area (Å²) in [5.41, 5.74) is -0.845. The number of carbonyl (C=O) groups excluding carboxylic acids is 2. The first kappa shape index (κ1) is 22.4. The lowest BCUT2D eigenvalue weighted by atomic mass is 10.2. The Morgan fingerprint density at radius 2 is 1.73 bits per heavy atom. The largest absolute Gasteiger partial charge is 0.457 e. The normalized spacial score (nSPS) is 12.1. The van der Waals surface area contributed by atoms with Crippen LogP contribution < -0.4 is 0 Å². The van der Waals surface area contributed by atoms with Gasteiger partial charge < -0.3 is 9.47 Å². The third-order valence-electron chi connectivity index (χ3n) is 3.24. The molecule has 0 fully saturated rings. The first-order valence-corrected chi connectivity index (χ1v) is 9.92. The Hall–Kier alpha value is -1.64. The highest BCUT2D eigenvalue weighted by atomic mass is 35.5. The third-order valence-corrected chi connectivity index (χ3v) is 5.62. The van der Waals surface area contributed by atoms with E-state index < -0.39 is 34.2 Å². The van der Waals surface area contributed by atoms with Crippen LogP contribution in [0.2, 0.25) is 5.02 Å². The van der Waals surface area contributed by atoms with Crippen LogP contribution in [0.1, 0.15) is 45.0 Å². The van der Waals surface area contributed by atoms with E-state index in [9.17, 15) is 18.0 Å². The fraction of sp³-hybridized carbons (Fsp3) is 0.529. The number of sulfonamides is 1. The van der Waals surface area contributed by atoms with Gasteiger partial charge in [-0.15, -0.1) is 0 Å². The number of benzene rings is 1. The molecule has 0 saturated carbocycles. The molecule has 1 aromatic carbocycles. The van der Waals surface area contributed by atoms with Gasteiger partial charge in [-0.25, -0.2) is 18.0 Å². The zero-order valence-corrected chi connectivity index (χ0v) is 17.1. The van der Waals surface area contributed by atoms with Crippen LogP contribution in [0.5, 0.6) is 0 Å². The molecule has 26 heavy (non-hydrogen) atoms. The van der Waals surface area contributed by atoms with Crippen molar-refractivity contribution in [2.45, 2.75) is 45.1 Å². The van der Waals surface area contributed by atoms with E-state index in [4.69, 9.17) is 21.1 Å². The van der Waals surface area contributed by atoms with E-state index in [0.717, 1.165) is 6.07 Å². The molecule has 0 unspecified atom stereocenters. The van der Waals surface area contributed by atoms with Crippen molar-refractivity contribution in [3.8, 4) is 0 Å². The van der Waals surface area contributed by atoms with E-state index in [-0.39, 0.29) is 15.5 Å². The summed E-state index contributed by atoms with van der Waals surface area (Å²) in [7, 11) is -3.75. The van der Waals surface area contributed by atoms with E-state index in [2.05, 4.69) is 0 Å².